The summed E-state index contributed by atoms with van der Waals surface area (Å²) in [5.74, 6) is 1.28. The second kappa shape index (κ2) is 6.80. The molecule has 3 heteroatoms. The van der Waals surface area contributed by atoms with Crippen molar-refractivity contribution in [3.05, 3.63) is 29.8 Å². The monoisotopic (exact) mass is 291 g/mol. The molecule has 0 bridgehead atoms. The van der Waals surface area contributed by atoms with E-state index in [2.05, 4.69) is 37.9 Å². The van der Waals surface area contributed by atoms with E-state index in [9.17, 15) is 5.11 Å². The van der Waals surface area contributed by atoms with Gasteiger partial charge in [0.05, 0.1) is 13.2 Å². The molecule has 1 aromatic carbocycles. The van der Waals surface area contributed by atoms with E-state index in [1.54, 1.807) is 7.11 Å². The molecular formula is C18H29NO2. The summed E-state index contributed by atoms with van der Waals surface area (Å²) in [7, 11) is 3.83. The van der Waals surface area contributed by atoms with E-state index in [-0.39, 0.29) is 6.10 Å². The minimum atomic E-state index is -0.147. The minimum absolute atomic E-state index is 0.147. The molecule has 0 spiro atoms. The first-order valence-corrected chi connectivity index (χ1v) is 7.89. The van der Waals surface area contributed by atoms with Crippen molar-refractivity contribution in [3.63, 3.8) is 0 Å². The van der Waals surface area contributed by atoms with Crippen LogP contribution in [-0.4, -0.2) is 36.8 Å². The highest BCUT2D eigenvalue weighted by molar-refractivity contribution is 5.28. The van der Waals surface area contributed by atoms with E-state index in [1.165, 1.54) is 5.56 Å². The quantitative estimate of drug-likeness (QED) is 0.903. The lowest BCUT2D eigenvalue weighted by molar-refractivity contribution is 0.00673. The van der Waals surface area contributed by atoms with Crippen LogP contribution in [-0.2, 0) is 6.54 Å². The fourth-order valence-electron chi connectivity index (χ4n) is 3.46. The number of rotatable bonds is 5. The van der Waals surface area contributed by atoms with Crippen molar-refractivity contribution in [2.24, 2.45) is 11.3 Å². The van der Waals surface area contributed by atoms with Crippen LogP contribution in [0.15, 0.2) is 24.3 Å². The van der Waals surface area contributed by atoms with Gasteiger partial charge in [0.2, 0.25) is 0 Å². The summed E-state index contributed by atoms with van der Waals surface area (Å²) in [5, 5.41) is 10.3. The van der Waals surface area contributed by atoms with E-state index in [0.29, 0.717) is 11.3 Å². The largest absolute Gasteiger partial charge is 0.497 e. The minimum Gasteiger partial charge on any atom is -0.497 e. The first-order valence-electron chi connectivity index (χ1n) is 7.89. The Morgan fingerprint density at radius 1 is 1.38 bits per heavy atom. The normalized spacial score (nSPS) is 25.0. The highest BCUT2D eigenvalue weighted by Crippen LogP contribution is 2.39. The van der Waals surface area contributed by atoms with Crippen LogP contribution in [0.1, 0.15) is 38.7 Å². The molecule has 0 aromatic heterocycles. The summed E-state index contributed by atoms with van der Waals surface area (Å²) in [6, 6.07) is 8.20. The van der Waals surface area contributed by atoms with E-state index in [1.807, 2.05) is 12.1 Å². The van der Waals surface area contributed by atoms with Gasteiger partial charge in [-0.15, -0.1) is 0 Å². The molecule has 0 heterocycles. The average Bonchev–Trinajstić information content (AvgIpc) is 2.43. The fraction of sp³-hybridized carbons (Fsp3) is 0.667. The molecule has 21 heavy (non-hydrogen) atoms. The standard InChI is InChI=1S/C18H29NO2/c1-18(2)9-8-17(20)15(11-18)13-19(3)12-14-6-5-7-16(10-14)21-4/h5-7,10,15,17,20H,8-9,11-13H2,1-4H3. The van der Waals surface area contributed by atoms with Gasteiger partial charge >= 0.3 is 0 Å². The van der Waals surface area contributed by atoms with Crippen LogP contribution in [0.5, 0.6) is 5.75 Å². The molecular weight excluding hydrogens is 262 g/mol. The Morgan fingerprint density at radius 3 is 2.86 bits per heavy atom. The zero-order valence-electron chi connectivity index (χ0n) is 13.8. The van der Waals surface area contributed by atoms with Crippen LogP contribution in [0.25, 0.3) is 0 Å². The van der Waals surface area contributed by atoms with Gasteiger partial charge in [0.1, 0.15) is 5.75 Å². The summed E-state index contributed by atoms with van der Waals surface area (Å²) in [5.41, 5.74) is 1.61. The summed E-state index contributed by atoms with van der Waals surface area (Å²) in [6.45, 7) is 6.46. The first kappa shape index (κ1) is 16.3. The third kappa shape index (κ3) is 4.72. The Balaban J connectivity index is 1.92. The van der Waals surface area contributed by atoms with Gasteiger partial charge in [-0.3, -0.25) is 0 Å². The summed E-state index contributed by atoms with van der Waals surface area (Å²) >= 11 is 0. The van der Waals surface area contributed by atoms with Crippen molar-refractivity contribution in [2.45, 2.75) is 45.8 Å². The Kier molecular flexibility index (Phi) is 5.28. The number of aliphatic hydroxyl groups excluding tert-OH is 1. The maximum atomic E-state index is 10.3. The molecule has 2 rings (SSSR count). The Bertz CT molecular complexity index is 458. The van der Waals surface area contributed by atoms with Gasteiger partial charge in [-0.2, -0.15) is 0 Å². The molecule has 1 N–H and O–H groups in total. The van der Waals surface area contributed by atoms with Gasteiger partial charge in [-0.05, 0) is 55.3 Å². The van der Waals surface area contributed by atoms with Crippen molar-refractivity contribution in [2.75, 3.05) is 20.7 Å². The predicted molar refractivity (Wildman–Crippen MR) is 86.5 cm³/mol. The second-order valence-electron chi connectivity index (χ2n) is 7.28. The molecule has 2 atom stereocenters. The molecule has 3 nitrogen and oxygen atoms in total. The summed E-state index contributed by atoms with van der Waals surface area (Å²) in [6.07, 6.45) is 3.02. The average molecular weight is 291 g/mol. The highest BCUT2D eigenvalue weighted by Gasteiger charge is 2.34. The van der Waals surface area contributed by atoms with E-state index >= 15 is 0 Å². The zero-order chi connectivity index (χ0) is 15.5. The lowest BCUT2D eigenvalue weighted by Gasteiger charge is -2.40. The summed E-state index contributed by atoms with van der Waals surface area (Å²) < 4.78 is 5.27. The maximum absolute atomic E-state index is 10.3. The Morgan fingerprint density at radius 2 is 2.14 bits per heavy atom. The van der Waals surface area contributed by atoms with E-state index in [0.717, 1.165) is 38.1 Å². The lowest BCUT2D eigenvalue weighted by atomic mass is 9.71. The van der Waals surface area contributed by atoms with Gasteiger partial charge in [0, 0.05) is 13.1 Å². The molecule has 0 radical (unpaired) electrons. The van der Waals surface area contributed by atoms with E-state index < -0.39 is 0 Å². The van der Waals surface area contributed by atoms with Crippen molar-refractivity contribution >= 4 is 0 Å². The lowest BCUT2D eigenvalue weighted by Crippen LogP contribution is -2.39. The Hall–Kier alpha value is -1.06. The van der Waals surface area contributed by atoms with Crippen LogP contribution in [0.3, 0.4) is 0 Å². The van der Waals surface area contributed by atoms with Gasteiger partial charge < -0.3 is 14.7 Å². The zero-order valence-corrected chi connectivity index (χ0v) is 13.8. The second-order valence-corrected chi connectivity index (χ2v) is 7.28. The van der Waals surface area contributed by atoms with Crippen molar-refractivity contribution in [3.8, 4) is 5.75 Å². The van der Waals surface area contributed by atoms with Crippen molar-refractivity contribution in [1.82, 2.24) is 4.90 Å². The molecule has 1 aliphatic rings. The molecule has 1 aromatic rings. The number of benzene rings is 1. The van der Waals surface area contributed by atoms with Crippen LogP contribution >= 0.6 is 0 Å². The van der Waals surface area contributed by atoms with Crippen LogP contribution < -0.4 is 4.74 Å². The fourth-order valence-corrected chi connectivity index (χ4v) is 3.46. The molecule has 1 saturated carbocycles. The van der Waals surface area contributed by atoms with Crippen molar-refractivity contribution in [1.29, 1.82) is 0 Å². The smallest absolute Gasteiger partial charge is 0.119 e. The van der Waals surface area contributed by atoms with Crippen LogP contribution in [0, 0.1) is 11.3 Å². The third-order valence-corrected chi connectivity index (χ3v) is 4.61. The molecule has 0 saturated heterocycles. The first-order chi connectivity index (χ1) is 9.89. The molecule has 0 amide bonds. The van der Waals surface area contributed by atoms with Gasteiger partial charge in [-0.1, -0.05) is 26.0 Å². The van der Waals surface area contributed by atoms with Crippen LogP contribution in [0.4, 0.5) is 0 Å². The van der Waals surface area contributed by atoms with Gasteiger partial charge in [0.15, 0.2) is 0 Å². The SMILES string of the molecule is COc1cccc(CN(C)CC2CC(C)(C)CCC2O)c1. The number of ether oxygens (including phenoxy) is 1. The number of methoxy groups -OCH3 is 1. The molecule has 0 aliphatic heterocycles. The maximum Gasteiger partial charge on any atom is 0.119 e. The third-order valence-electron chi connectivity index (χ3n) is 4.61. The number of nitrogens with zero attached hydrogens (tertiary/aromatic N) is 1. The van der Waals surface area contributed by atoms with E-state index in [4.69, 9.17) is 4.74 Å². The summed E-state index contributed by atoms with van der Waals surface area (Å²) in [4.78, 5) is 2.31. The molecule has 118 valence electrons. The topological polar surface area (TPSA) is 32.7 Å². The predicted octanol–water partition coefficient (Wildman–Crippen LogP) is 3.31. The number of hydrogen-bond acceptors (Lipinski definition) is 3. The molecule has 1 aliphatic carbocycles. The van der Waals surface area contributed by atoms with Gasteiger partial charge in [0.25, 0.3) is 0 Å². The Labute approximate surface area is 128 Å². The molecule has 2 unspecified atom stereocenters. The van der Waals surface area contributed by atoms with Crippen LogP contribution in [0.2, 0.25) is 0 Å². The van der Waals surface area contributed by atoms with Crippen molar-refractivity contribution < 1.29 is 9.84 Å². The number of aliphatic hydroxyl groups is 1. The number of hydrogen-bond donors (Lipinski definition) is 1. The highest BCUT2D eigenvalue weighted by atomic mass is 16.5. The molecule has 1 fully saturated rings. The van der Waals surface area contributed by atoms with Gasteiger partial charge in [-0.25, -0.2) is 0 Å².